The minimum absolute atomic E-state index is 0.0252. The van der Waals surface area contributed by atoms with Crippen molar-refractivity contribution >= 4 is 23.3 Å². The van der Waals surface area contributed by atoms with Gasteiger partial charge in [0, 0.05) is 19.5 Å². The van der Waals surface area contributed by atoms with Gasteiger partial charge in [-0.05, 0) is 36.2 Å². The summed E-state index contributed by atoms with van der Waals surface area (Å²) >= 11 is 0. The molecule has 3 rings (SSSR count). The van der Waals surface area contributed by atoms with Crippen molar-refractivity contribution in [3.05, 3.63) is 54.0 Å². The van der Waals surface area contributed by atoms with Crippen LogP contribution in [0, 0.1) is 5.82 Å². The van der Waals surface area contributed by atoms with Gasteiger partial charge in [0.2, 0.25) is 11.8 Å². The van der Waals surface area contributed by atoms with Crippen LogP contribution < -0.4 is 15.5 Å². The van der Waals surface area contributed by atoms with Crippen LogP contribution in [0.2, 0.25) is 0 Å². The fourth-order valence-corrected chi connectivity index (χ4v) is 2.66. The van der Waals surface area contributed by atoms with Crippen LogP contribution in [0.15, 0.2) is 42.6 Å². The minimum atomic E-state index is -0.302. The number of rotatable bonds is 5. The highest BCUT2D eigenvalue weighted by Crippen LogP contribution is 2.15. The molecule has 0 spiro atoms. The number of nitrogens with zero attached hydrogens (tertiary/aromatic N) is 2. The quantitative estimate of drug-likeness (QED) is 0.868. The molecule has 0 unspecified atom stereocenters. The first-order valence-corrected chi connectivity index (χ1v) is 8.12. The van der Waals surface area contributed by atoms with Crippen molar-refractivity contribution in [2.75, 3.05) is 29.9 Å². The molecular formula is C18H19FN4O2. The first-order chi connectivity index (χ1) is 12.1. The average molecular weight is 342 g/mol. The predicted octanol–water partition coefficient (Wildman–Crippen LogP) is 1.73. The third-order valence-corrected chi connectivity index (χ3v) is 3.92. The largest absolute Gasteiger partial charge is 0.353 e. The Labute approximate surface area is 145 Å². The lowest BCUT2D eigenvalue weighted by atomic mass is 10.1. The van der Waals surface area contributed by atoms with Crippen LogP contribution in [0.3, 0.4) is 0 Å². The smallest absolute Gasteiger partial charge is 0.239 e. The number of piperazine rings is 1. The molecule has 130 valence electrons. The summed E-state index contributed by atoms with van der Waals surface area (Å²) in [4.78, 5) is 29.6. The van der Waals surface area contributed by atoms with E-state index >= 15 is 0 Å². The molecule has 0 aliphatic carbocycles. The van der Waals surface area contributed by atoms with Gasteiger partial charge in [-0.3, -0.25) is 9.59 Å². The zero-order chi connectivity index (χ0) is 17.6. The highest BCUT2D eigenvalue weighted by molar-refractivity contribution is 5.90. The van der Waals surface area contributed by atoms with E-state index in [1.807, 2.05) is 4.90 Å². The summed E-state index contributed by atoms with van der Waals surface area (Å²) < 4.78 is 13.1. The zero-order valence-corrected chi connectivity index (χ0v) is 13.7. The maximum Gasteiger partial charge on any atom is 0.239 e. The second-order valence-corrected chi connectivity index (χ2v) is 5.85. The van der Waals surface area contributed by atoms with Gasteiger partial charge in [0.1, 0.15) is 11.6 Å². The molecule has 2 amide bonds. The molecule has 1 aliphatic rings. The van der Waals surface area contributed by atoms with Gasteiger partial charge >= 0.3 is 0 Å². The van der Waals surface area contributed by atoms with Crippen LogP contribution in [0.4, 0.5) is 15.9 Å². The third-order valence-electron chi connectivity index (χ3n) is 3.92. The van der Waals surface area contributed by atoms with Crippen molar-refractivity contribution in [1.82, 2.24) is 10.3 Å². The summed E-state index contributed by atoms with van der Waals surface area (Å²) in [6.07, 6.45) is 2.30. The van der Waals surface area contributed by atoms with Crippen LogP contribution in [-0.4, -0.2) is 36.4 Å². The molecular weight excluding hydrogens is 323 g/mol. The number of amides is 2. The molecule has 2 N–H and O–H groups in total. The Hall–Kier alpha value is -2.96. The van der Waals surface area contributed by atoms with Crippen molar-refractivity contribution in [2.24, 2.45) is 0 Å². The van der Waals surface area contributed by atoms with E-state index in [0.717, 1.165) is 5.56 Å². The van der Waals surface area contributed by atoms with Crippen molar-refractivity contribution in [3.63, 3.8) is 0 Å². The van der Waals surface area contributed by atoms with Crippen LogP contribution in [0.5, 0.6) is 0 Å². The number of carbonyl (C=O) groups excluding carboxylic acids is 2. The second-order valence-electron chi connectivity index (χ2n) is 5.85. The molecule has 1 fully saturated rings. The summed E-state index contributed by atoms with van der Waals surface area (Å²) in [5, 5.41) is 5.53. The number of aryl methyl sites for hydroxylation is 1. The summed E-state index contributed by atoms with van der Waals surface area (Å²) in [6.45, 7) is 1.59. The lowest BCUT2D eigenvalue weighted by Gasteiger charge is -2.27. The van der Waals surface area contributed by atoms with Crippen molar-refractivity contribution < 1.29 is 14.0 Å². The number of hydrogen-bond acceptors (Lipinski definition) is 4. The Balaban J connectivity index is 1.52. The third kappa shape index (κ3) is 4.76. The van der Waals surface area contributed by atoms with Crippen LogP contribution in [0.25, 0.3) is 0 Å². The Morgan fingerprint density at radius 2 is 2.20 bits per heavy atom. The molecule has 25 heavy (non-hydrogen) atoms. The summed E-state index contributed by atoms with van der Waals surface area (Å²) in [5.74, 6) is 0.218. The maximum absolute atomic E-state index is 13.1. The minimum Gasteiger partial charge on any atom is -0.353 e. The maximum atomic E-state index is 13.1. The topological polar surface area (TPSA) is 74.3 Å². The number of pyridine rings is 1. The molecule has 0 bridgehead atoms. The molecule has 0 saturated carbocycles. The molecule has 1 aromatic heterocycles. The number of aromatic nitrogens is 1. The molecule has 6 nitrogen and oxygen atoms in total. The van der Waals surface area contributed by atoms with Crippen molar-refractivity contribution in [2.45, 2.75) is 12.8 Å². The number of halogens is 1. The second kappa shape index (κ2) is 7.74. The number of nitrogens with one attached hydrogen (secondary N) is 2. The SMILES string of the molecule is O=C1CN(c2ccc(NC(=O)CCc3cccc(F)c3)cn2)CCN1. The summed E-state index contributed by atoms with van der Waals surface area (Å²) in [5.41, 5.74) is 1.38. The van der Waals surface area contributed by atoms with Crippen molar-refractivity contribution in [1.29, 1.82) is 0 Å². The first-order valence-electron chi connectivity index (χ1n) is 8.12. The fourth-order valence-electron chi connectivity index (χ4n) is 2.66. The van der Waals surface area contributed by atoms with E-state index in [1.54, 1.807) is 30.5 Å². The normalized spacial score (nSPS) is 14.1. The van der Waals surface area contributed by atoms with Gasteiger partial charge in [0.25, 0.3) is 0 Å². The van der Waals surface area contributed by atoms with Gasteiger partial charge < -0.3 is 15.5 Å². The summed E-state index contributed by atoms with van der Waals surface area (Å²) in [6, 6.07) is 9.77. The van der Waals surface area contributed by atoms with Crippen LogP contribution in [0.1, 0.15) is 12.0 Å². The highest BCUT2D eigenvalue weighted by atomic mass is 19.1. The van der Waals surface area contributed by atoms with E-state index in [0.29, 0.717) is 31.0 Å². The number of benzene rings is 1. The molecule has 1 aromatic carbocycles. The number of hydrogen-bond donors (Lipinski definition) is 2. The summed E-state index contributed by atoms with van der Waals surface area (Å²) in [7, 11) is 0. The van der Waals surface area contributed by atoms with Gasteiger partial charge in [-0.2, -0.15) is 0 Å². The van der Waals surface area contributed by atoms with Gasteiger partial charge in [0.05, 0.1) is 18.4 Å². The molecule has 0 atom stereocenters. The van der Waals surface area contributed by atoms with Gasteiger partial charge in [0.15, 0.2) is 0 Å². The van der Waals surface area contributed by atoms with E-state index in [4.69, 9.17) is 0 Å². The van der Waals surface area contributed by atoms with E-state index < -0.39 is 0 Å². The molecule has 1 aliphatic heterocycles. The Morgan fingerprint density at radius 1 is 1.32 bits per heavy atom. The van der Waals surface area contributed by atoms with Gasteiger partial charge in [-0.1, -0.05) is 12.1 Å². The fraction of sp³-hybridized carbons (Fsp3) is 0.278. The predicted molar refractivity (Wildman–Crippen MR) is 92.8 cm³/mol. The molecule has 7 heteroatoms. The average Bonchev–Trinajstić information content (AvgIpc) is 2.61. The Kier molecular flexibility index (Phi) is 5.23. The van der Waals surface area contributed by atoms with E-state index in [-0.39, 0.29) is 30.6 Å². The van der Waals surface area contributed by atoms with Crippen LogP contribution >= 0.6 is 0 Å². The van der Waals surface area contributed by atoms with Gasteiger partial charge in [-0.25, -0.2) is 9.37 Å². The molecule has 0 radical (unpaired) electrons. The Morgan fingerprint density at radius 3 is 2.92 bits per heavy atom. The van der Waals surface area contributed by atoms with E-state index in [1.165, 1.54) is 12.1 Å². The zero-order valence-electron chi connectivity index (χ0n) is 13.7. The first kappa shape index (κ1) is 16.9. The molecule has 2 heterocycles. The number of carbonyl (C=O) groups is 2. The molecule has 1 saturated heterocycles. The van der Waals surface area contributed by atoms with Gasteiger partial charge in [-0.15, -0.1) is 0 Å². The van der Waals surface area contributed by atoms with E-state index in [9.17, 15) is 14.0 Å². The van der Waals surface area contributed by atoms with E-state index in [2.05, 4.69) is 15.6 Å². The standard InChI is InChI=1S/C18H19FN4O2/c19-14-3-1-2-13(10-14)4-7-17(24)22-15-5-6-16(21-11-15)23-9-8-20-18(25)12-23/h1-3,5-6,10-11H,4,7-9,12H2,(H,20,25)(H,22,24). The van der Waals surface area contributed by atoms with Crippen LogP contribution in [-0.2, 0) is 16.0 Å². The molecule has 2 aromatic rings. The monoisotopic (exact) mass is 342 g/mol. The Bertz CT molecular complexity index is 764. The number of anilines is 2. The highest BCUT2D eigenvalue weighted by Gasteiger charge is 2.17. The van der Waals surface area contributed by atoms with Crippen molar-refractivity contribution in [3.8, 4) is 0 Å². The lowest BCUT2D eigenvalue weighted by Crippen LogP contribution is -2.48. The lowest BCUT2D eigenvalue weighted by molar-refractivity contribution is -0.120.